The summed E-state index contributed by atoms with van der Waals surface area (Å²) in [6.07, 6.45) is 1.17. The van der Waals surface area contributed by atoms with Crippen LogP contribution in [0.25, 0.3) is 0 Å². The van der Waals surface area contributed by atoms with Gasteiger partial charge in [-0.05, 0) is 43.9 Å². The van der Waals surface area contributed by atoms with Gasteiger partial charge in [-0.3, -0.25) is 4.99 Å². The van der Waals surface area contributed by atoms with Crippen molar-refractivity contribution in [3.05, 3.63) is 28.8 Å². The number of methoxy groups -OCH3 is 1. The van der Waals surface area contributed by atoms with Gasteiger partial charge in [0, 0.05) is 50.5 Å². The van der Waals surface area contributed by atoms with Crippen molar-refractivity contribution in [3.8, 4) is 0 Å². The maximum Gasteiger partial charge on any atom is 0.191 e. The number of aryl methyl sites for hydroxylation is 1. The van der Waals surface area contributed by atoms with Gasteiger partial charge >= 0.3 is 0 Å². The lowest BCUT2D eigenvalue weighted by atomic mass is 10.1. The van der Waals surface area contributed by atoms with E-state index in [1.54, 1.807) is 14.2 Å². The minimum Gasteiger partial charge on any atom is -0.383 e. The molecule has 1 aromatic carbocycles. The molecule has 1 heterocycles. The van der Waals surface area contributed by atoms with Crippen molar-refractivity contribution in [2.75, 3.05) is 45.3 Å². The fraction of sp³-hybridized carbons (Fsp3) is 0.611. The molecule has 5 nitrogen and oxygen atoms in total. The van der Waals surface area contributed by atoms with Crippen LogP contribution in [-0.2, 0) is 4.74 Å². The van der Waals surface area contributed by atoms with E-state index in [1.807, 2.05) is 6.07 Å². The molecule has 0 saturated carbocycles. The number of ether oxygens (including phenoxy) is 1. The van der Waals surface area contributed by atoms with Crippen LogP contribution >= 0.6 is 35.6 Å². The Labute approximate surface area is 173 Å². The van der Waals surface area contributed by atoms with Gasteiger partial charge in [-0.15, -0.1) is 24.0 Å². The second-order valence-corrected chi connectivity index (χ2v) is 6.92. The summed E-state index contributed by atoms with van der Waals surface area (Å²) < 4.78 is 5.15. The molecule has 1 saturated heterocycles. The normalized spacial score (nSPS) is 18.7. The first-order chi connectivity index (χ1) is 11.5. The average Bonchev–Trinajstić information content (AvgIpc) is 3.02. The van der Waals surface area contributed by atoms with Gasteiger partial charge in [0.1, 0.15) is 0 Å². The summed E-state index contributed by atoms with van der Waals surface area (Å²) in [5, 5.41) is 7.56. The van der Waals surface area contributed by atoms with Crippen LogP contribution in [0.15, 0.2) is 23.2 Å². The Hall–Kier alpha value is -0.730. The van der Waals surface area contributed by atoms with E-state index in [4.69, 9.17) is 16.3 Å². The van der Waals surface area contributed by atoms with Crippen LogP contribution in [0.4, 0.5) is 5.69 Å². The molecule has 1 aliphatic rings. The van der Waals surface area contributed by atoms with Gasteiger partial charge in [-0.1, -0.05) is 17.7 Å². The third kappa shape index (κ3) is 6.83. The minimum absolute atomic E-state index is 0. The van der Waals surface area contributed by atoms with Gasteiger partial charge in [-0.2, -0.15) is 0 Å². The third-order valence-corrected chi connectivity index (χ3v) is 4.61. The summed E-state index contributed by atoms with van der Waals surface area (Å²) in [4.78, 5) is 6.71. The van der Waals surface area contributed by atoms with Crippen molar-refractivity contribution in [2.24, 2.45) is 10.9 Å². The van der Waals surface area contributed by atoms with E-state index in [9.17, 15) is 0 Å². The van der Waals surface area contributed by atoms with Crippen molar-refractivity contribution >= 4 is 47.2 Å². The van der Waals surface area contributed by atoms with Crippen molar-refractivity contribution in [1.82, 2.24) is 10.6 Å². The number of rotatable bonds is 6. The molecule has 25 heavy (non-hydrogen) atoms. The topological polar surface area (TPSA) is 48.9 Å². The Morgan fingerprint density at radius 3 is 2.92 bits per heavy atom. The summed E-state index contributed by atoms with van der Waals surface area (Å²) in [7, 11) is 3.50. The van der Waals surface area contributed by atoms with Crippen LogP contribution in [0.1, 0.15) is 18.9 Å². The molecule has 0 spiro atoms. The number of halogens is 2. The summed E-state index contributed by atoms with van der Waals surface area (Å²) in [5.74, 6) is 1.43. The van der Waals surface area contributed by atoms with E-state index < -0.39 is 0 Å². The highest BCUT2D eigenvalue weighted by Gasteiger charge is 2.24. The lowest BCUT2D eigenvalue weighted by molar-refractivity contribution is 0.179. The molecule has 1 fully saturated rings. The molecule has 1 aliphatic heterocycles. The zero-order valence-corrected chi connectivity index (χ0v) is 18.6. The van der Waals surface area contributed by atoms with Gasteiger partial charge in [0.25, 0.3) is 0 Å². The van der Waals surface area contributed by atoms with E-state index >= 15 is 0 Å². The maximum absolute atomic E-state index is 6.15. The predicted molar refractivity (Wildman–Crippen MR) is 118 cm³/mol. The van der Waals surface area contributed by atoms with Crippen LogP contribution < -0.4 is 15.5 Å². The fourth-order valence-electron chi connectivity index (χ4n) is 3.10. The Morgan fingerprint density at radius 2 is 2.24 bits per heavy atom. The lowest BCUT2D eigenvalue weighted by Gasteiger charge is -2.22. The number of hydrogen-bond donors (Lipinski definition) is 2. The highest BCUT2D eigenvalue weighted by molar-refractivity contribution is 14.0. The number of nitrogens with one attached hydrogen (secondary N) is 2. The van der Waals surface area contributed by atoms with Crippen LogP contribution in [-0.4, -0.2) is 52.4 Å². The van der Waals surface area contributed by atoms with Crippen molar-refractivity contribution in [3.63, 3.8) is 0 Å². The molecule has 2 rings (SSSR count). The van der Waals surface area contributed by atoms with Crippen LogP contribution in [0.2, 0.25) is 5.02 Å². The molecule has 0 radical (unpaired) electrons. The Kier molecular flexibility index (Phi) is 9.89. The summed E-state index contributed by atoms with van der Waals surface area (Å²) in [5.41, 5.74) is 2.53. The quantitative estimate of drug-likeness (QED) is 0.373. The molecular weight excluding hydrogens is 451 g/mol. The molecule has 2 N–H and O–H groups in total. The van der Waals surface area contributed by atoms with Crippen LogP contribution in [0.5, 0.6) is 0 Å². The highest BCUT2D eigenvalue weighted by Crippen LogP contribution is 2.29. The van der Waals surface area contributed by atoms with Crippen molar-refractivity contribution in [2.45, 2.75) is 26.3 Å². The first kappa shape index (κ1) is 22.3. The molecule has 2 atom stereocenters. The monoisotopic (exact) mass is 480 g/mol. The predicted octanol–water partition coefficient (Wildman–Crippen LogP) is 3.29. The van der Waals surface area contributed by atoms with Gasteiger partial charge < -0.3 is 20.3 Å². The third-order valence-electron chi connectivity index (χ3n) is 4.38. The molecule has 0 aliphatic carbocycles. The van der Waals surface area contributed by atoms with Crippen LogP contribution in [0, 0.1) is 12.8 Å². The fourth-order valence-corrected chi connectivity index (χ4v) is 3.27. The van der Waals surface area contributed by atoms with E-state index in [0.717, 1.165) is 30.6 Å². The molecule has 0 aromatic heterocycles. The van der Waals surface area contributed by atoms with Gasteiger partial charge in [-0.25, -0.2) is 0 Å². The van der Waals surface area contributed by atoms with Gasteiger partial charge in [0.05, 0.1) is 6.61 Å². The maximum atomic E-state index is 6.15. The smallest absolute Gasteiger partial charge is 0.191 e. The molecule has 0 amide bonds. The van der Waals surface area contributed by atoms with Gasteiger partial charge in [0.2, 0.25) is 0 Å². The van der Waals surface area contributed by atoms with E-state index in [2.05, 4.69) is 46.5 Å². The van der Waals surface area contributed by atoms with Crippen molar-refractivity contribution in [1.29, 1.82) is 0 Å². The molecule has 1 aromatic rings. The summed E-state index contributed by atoms with van der Waals surface area (Å²) in [6, 6.07) is 6.34. The van der Waals surface area contributed by atoms with Gasteiger partial charge in [0.15, 0.2) is 5.96 Å². The Morgan fingerprint density at radius 1 is 1.48 bits per heavy atom. The minimum atomic E-state index is 0. The molecule has 2 unspecified atom stereocenters. The standard InChI is InChI=1S/C18H29ClN4O.HI/c1-13-5-6-16(19)9-17(13)23-8-7-15(11-23)10-21-18(20-3)22-14(2)12-24-4;/h5-6,9,14-15H,7-8,10-12H2,1-4H3,(H2,20,21,22);1H. The Bertz CT molecular complexity index is 570. The summed E-state index contributed by atoms with van der Waals surface area (Å²) in [6.45, 7) is 7.90. The van der Waals surface area contributed by atoms with E-state index in [1.165, 1.54) is 17.7 Å². The number of benzene rings is 1. The molecule has 0 bridgehead atoms. The summed E-state index contributed by atoms with van der Waals surface area (Å²) >= 11 is 6.15. The van der Waals surface area contributed by atoms with Crippen LogP contribution in [0.3, 0.4) is 0 Å². The first-order valence-electron chi connectivity index (χ1n) is 8.50. The first-order valence-corrected chi connectivity index (χ1v) is 8.88. The zero-order valence-electron chi connectivity index (χ0n) is 15.5. The number of aliphatic imine (C=N–C) groups is 1. The second-order valence-electron chi connectivity index (χ2n) is 6.49. The molecule has 142 valence electrons. The lowest BCUT2D eigenvalue weighted by Crippen LogP contribution is -2.45. The zero-order chi connectivity index (χ0) is 17.5. The average molecular weight is 481 g/mol. The second kappa shape index (κ2) is 11.1. The largest absolute Gasteiger partial charge is 0.383 e. The molecule has 7 heteroatoms. The number of nitrogens with zero attached hydrogens (tertiary/aromatic N) is 2. The Balaban J connectivity index is 0.00000312. The SMILES string of the molecule is CN=C(NCC1CCN(c2cc(Cl)ccc2C)C1)NC(C)COC.I. The number of hydrogen-bond acceptors (Lipinski definition) is 3. The van der Waals surface area contributed by atoms with E-state index in [-0.39, 0.29) is 30.0 Å². The van der Waals surface area contributed by atoms with E-state index in [0.29, 0.717) is 12.5 Å². The number of anilines is 1. The molecular formula is C18H30ClIN4O. The number of guanidine groups is 1. The highest BCUT2D eigenvalue weighted by atomic mass is 127. The van der Waals surface area contributed by atoms with Crippen molar-refractivity contribution < 1.29 is 4.74 Å².